The second kappa shape index (κ2) is 12.7. The number of nitrogens with one attached hydrogen (secondary N) is 2. The topological polar surface area (TPSA) is 111 Å². The summed E-state index contributed by atoms with van der Waals surface area (Å²) in [5.74, 6) is -2.02. The number of amides is 5. The van der Waals surface area contributed by atoms with E-state index in [1.807, 2.05) is 62.2 Å². The van der Waals surface area contributed by atoms with E-state index in [1.54, 1.807) is 13.1 Å². The third kappa shape index (κ3) is 6.12. The van der Waals surface area contributed by atoms with Crippen molar-refractivity contribution in [3.05, 3.63) is 71.0 Å². The molecule has 0 spiro atoms. The van der Waals surface area contributed by atoms with Crippen molar-refractivity contribution >= 4 is 29.4 Å². The average molecular weight is 616 g/mol. The van der Waals surface area contributed by atoms with Gasteiger partial charge in [-0.2, -0.15) is 0 Å². The van der Waals surface area contributed by atoms with Gasteiger partial charge in [-0.05, 0) is 72.5 Å². The lowest BCUT2D eigenvalue weighted by atomic mass is 9.90. The van der Waals surface area contributed by atoms with Crippen LogP contribution < -0.4 is 15.4 Å². The standard InChI is InChI=1S/C34H38FN5O5/c1-19-23(21-13-28(35)26(30(14-21)45-6)17-38(3)22-15-31(41)36-16-22)9-7-10-24(19)25-11-8-12-29(20(25)2)37-32(42)27-18-39(4)34(44)40(5)33(27)43/h7-14,22,27H,15-18H2,1-6H3,(H,36,41)(H,37,42)/t22-,27?/m1/s1. The zero-order chi connectivity index (χ0) is 32.6. The van der Waals surface area contributed by atoms with Gasteiger partial charge in [-0.15, -0.1) is 0 Å². The Hall–Kier alpha value is -4.77. The van der Waals surface area contributed by atoms with E-state index in [-0.39, 0.29) is 18.5 Å². The van der Waals surface area contributed by atoms with Gasteiger partial charge in [0.1, 0.15) is 17.5 Å². The first-order valence-corrected chi connectivity index (χ1v) is 14.8. The van der Waals surface area contributed by atoms with Crippen LogP contribution in [0.25, 0.3) is 22.3 Å². The fraction of sp³-hybridized carbons (Fsp3) is 0.353. The van der Waals surface area contributed by atoms with Gasteiger partial charge in [-0.3, -0.25) is 24.2 Å². The van der Waals surface area contributed by atoms with Crippen LogP contribution in [0.15, 0.2) is 48.5 Å². The van der Waals surface area contributed by atoms with Crippen LogP contribution >= 0.6 is 0 Å². The molecule has 236 valence electrons. The highest BCUT2D eigenvalue weighted by Crippen LogP contribution is 2.38. The molecule has 2 atom stereocenters. The minimum atomic E-state index is -1.02. The van der Waals surface area contributed by atoms with Crippen molar-refractivity contribution in [3.8, 4) is 28.0 Å². The number of anilines is 1. The van der Waals surface area contributed by atoms with Crippen molar-refractivity contribution in [1.29, 1.82) is 0 Å². The number of ether oxygens (including phenoxy) is 1. The second-order valence-electron chi connectivity index (χ2n) is 11.8. The molecule has 0 saturated carbocycles. The van der Waals surface area contributed by atoms with Gasteiger partial charge in [0, 0.05) is 57.4 Å². The molecule has 0 bridgehead atoms. The van der Waals surface area contributed by atoms with Crippen LogP contribution in [-0.4, -0.2) is 85.8 Å². The van der Waals surface area contributed by atoms with Crippen LogP contribution in [0.4, 0.5) is 14.9 Å². The van der Waals surface area contributed by atoms with E-state index in [0.717, 1.165) is 32.7 Å². The lowest BCUT2D eigenvalue weighted by Crippen LogP contribution is -2.56. The Bertz CT molecular complexity index is 1690. The number of benzene rings is 3. The molecule has 5 rings (SSSR count). The molecular formula is C34H38FN5O5. The highest BCUT2D eigenvalue weighted by atomic mass is 19.1. The van der Waals surface area contributed by atoms with Gasteiger partial charge < -0.3 is 20.3 Å². The molecule has 2 saturated heterocycles. The summed E-state index contributed by atoms with van der Waals surface area (Å²) in [5.41, 5.74) is 5.95. The van der Waals surface area contributed by atoms with E-state index >= 15 is 4.39 Å². The summed E-state index contributed by atoms with van der Waals surface area (Å²) in [6.45, 7) is 4.68. The van der Waals surface area contributed by atoms with Gasteiger partial charge in [0.05, 0.1) is 7.11 Å². The minimum Gasteiger partial charge on any atom is -0.496 e. The molecule has 2 fully saturated rings. The quantitative estimate of drug-likeness (QED) is 0.368. The lowest BCUT2D eigenvalue weighted by Gasteiger charge is -2.33. The summed E-state index contributed by atoms with van der Waals surface area (Å²) in [6, 6.07) is 14.2. The van der Waals surface area contributed by atoms with Crippen LogP contribution in [0, 0.1) is 25.6 Å². The maximum atomic E-state index is 15.7. The molecular weight excluding hydrogens is 577 g/mol. The van der Waals surface area contributed by atoms with E-state index in [9.17, 15) is 19.2 Å². The molecule has 2 heterocycles. The van der Waals surface area contributed by atoms with Crippen molar-refractivity contribution in [3.63, 3.8) is 0 Å². The highest BCUT2D eigenvalue weighted by Gasteiger charge is 2.39. The molecule has 0 aromatic heterocycles. The van der Waals surface area contributed by atoms with Crippen LogP contribution in [0.3, 0.4) is 0 Å². The number of methoxy groups -OCH3 is 1. The van der Waals surface area contributed by atoms with Gasteiger partial charge in [0.15, 0.2) is 0 Å². The van der Waals surface area contributed by atoms with Crippen molar-refractivity contribution in [1.82, 2.24) is 20.0 Å². The Morgan fingerprint density at radius 3 is 2.38 bits per heavy atom. The monoisotopic (exact) mass is 615 g/mol. The Labute approximate surface area is 262 Å². The summed E-state index contributed by atoms with van der Waals surface area (Å²) >= 11 is 0. The molecule has 2 aliphatic heterocycles. The van der Waals surface area contributed by atoms with Crippen LogP contribution in [0.1, 0.15) is 23.1 Å². The number of nitrogens with zero attached hydrogens (tertiary/aromatic N) is 3. The smallest absolute Gasteiger partial charge is 0.326 e. The van der Waals surface area contributed by atoms with Crippen LogP contribution in [0.5, 0.6) is 5.75 Å². The number of rotatable bonds is 8. The van der Waals surface area contributed by atoms with Gasteiger partial charge in [0.2, 0.25) is 17.7 Å². The average Bonchev–Trinajstić information content (AvgIpc) is 3.46. The van der Waals surface area contributed by atoms with E-state index < -0.39 is 29.6 Å². The predicted molar refractivity (Wildman–Crippen MR) is 169 cm³/mol. The summed E-state index contributed by atoms with van der Waals surface area (Å²) in [6.07, 6.45) is 0.378. The second-order valence-corrected chi connectivity index (χ2v) is 11.8. The molecule has 10 nitrogen and oxygen atoms in total. The molecule has 45 heavy (non-hydrogen) atoms. The first-order chi connectivity index (χ1) is 21.4. The summed E-state index contributed by atoms with van der Waals surface area (Å²) in [4.78, 5) is 53.9. The zero-order valence-corrected chi connectivity index (χ0v) is 26.4. The number of carbonyl (C=O) groups excluding carboxylic acids is 4. The Morgan fingerprint density at radius 2 is 1.71 bits per heavy atom. The summed E-state index contributed by atoms with van der Waals surface area (Å²) in [5, 5.41) is 5.71. The highest BCUT2D eigenvalue weighted by molar-refractivity contribution is 6.12. The van der Waals surface area contributed by atoms with E-state index in [4.69, 9.17) is 4.74 Å². The maximum Gasteiger partial charge on any atom is 0.326 e. The molecule has 1 unspecified atom stereocenters. The fourth-order valence-electron chi connectivity index (χ4n) is 6.11. The molecule has 3 aromatic carbocycles. The Morgan fingerprint density at radius 1 is 1.04 bits per heavy atom. The number of likely N-dealkylation sites (N-methyl/N-ethyl adjacent to an activating group) is 1. The van der Waals surface area contributed by atoms with Crippen LogP contribution in [-0.2, 0) is 20.9 Å². The van der Waals surface area contributed by atoms with Gasteiger partial charge in [0.25, 0.3) is 0 Å². The maximum absolute atomic E-state index is 15.7. The van der Waals surface area contributed by atoms with Crippen molar-refractivity contribution in [2.75, 3.05) is 46.7 Å². The van der Waals surface area contributed by atoms with Gasteiger partial charge in [-0.1, -0.05) is 30.3 Å². The molecule has 11 heteroatoms. The molecule has 3 aromatic rings. The lowest BCUT2D eigenvalue weighted by molar-refractivity contribution is -0.140. The third-order valence-corrected chi connectivity index (χ3v) is 8.90. The number of halogens is 1. The van der Waals surface area contributed by atoms with E-state index in [2.05, 4.69) is 10.6 Å². The van der Waals surface area contributed by atoms with Crippen molar-refractivity contribution in [2.24, 2.45) is 5.92 Å². The first-order valence-electron chi connectivity index (χ1n) is 14.8. The van der Waals surface area contributed by atoms with E-state index in [0.29, 0.717) is 42.1 Å². The van der Waals surface area contributed by atoms with Gasteiger partial charge in [-0.25, -0.2) is 9.18 Å². The normalized spacial score (nSPS) is 18.4. The number of urea groups is 1. The minimum absolute atomic E-state index is 0.000292. The van der Waals surface area contributed by atoms with E-state index in [1.165, 1.54) is 25.1 Å². The molecule has 5 amide bonds. The SMILES string of the molecule is COc1cc(-c2cccc(-c3cccc(NC(=O)C4CN(C)C(=O)N(C)C4=O)c3C)c2C)cc(F)c1CN(C)[C@H]1CNC(=O)C1. The predicted octanol–water partition coefficient (Wildman–Crippen LogP) is 4.18. The third-order valence-electron chi connectivity index (χ3n) is 8.90. The number of carbonyl (C=O) groups is 4. The van der Waals surface area contributed by atoms with Gasteiger partial charge >= 0.3 is 6.03 Å². The molecule has 0 aliphatic carbocycles. The van der Waals surface area contributed by atoms with Crippen molar-refractivity contribution < 1.29 is 28.3 Å². The first kappa shape index (κ1) is 31.6. The molecule has 2 N–H and O–H groups in total. The molecule has 0 radical (unpaired) electrons. The largest absolute Gasteiger partial charge is 0.496 e. The van der Waals surface area contributed by atoms with Crippen LogP contribution in [0.2, 0.25) is 0 Å². The Balaban J connectivity index is 1.43. The summed E-state index contributed by atoms with van der Waals surface area (Å²) < 4.78 is 21.3. The Kier molecular flexibility index (Phi) is 8.92. The summed E-state index contributed by atoms with van der Waals surface area (Å²) in [7, 11) is 6.31. The van der Waals surface area contributed by atoms with Crippen molar-refractivity contribution in [2.45, 2.75) is 32.9 Å². The zero-order valence-electron chi connectivity index (χ0n) is 26.4. The number of hydrogen-bond acceptors (Lipinski definition) is 6. The fourth-order valence-corrected chi connectivity index (χ4v) is 6.11. The molecule has 2 aliphatic rings. The number of hydrogen-bond donors (Lipinski definition) is 2. The number of imide groups is 1.